The van der Waals surface area contributed by atoms with Gasteiger partial charge in [-0.2, -0.15) is 0 Å². The van der Waals surface area contributed by atoms with Crippen LogP contribution in [-0.2, 0) is 4.84 Å². The lowest BCUT2D eigenvalue weighted by Gasteiger charge is -1.98. The first kappa shape index (κ1) is 12.8. The minimum atomic E-state index is 0.446. The molecule has 0 aliphatic heterocycles. The largest absolute Gasteiger partial charge is 0.375 e. The molecule has 0 aliphatic rings. The molecule has 0 saturated heterocycles. The highest BCUT2D eigenvalue weighted by atomic mass is 32.1. The molecular formula is C8H15N3O2S. The number of thiazole rings is 1. The Morgan fingerprint density at radius 3 is 2.71 bits per heavy atom. The molecule has 0 aromatic carbocycles. The van der Waals surface area contributed by atoms with Gasteiger partial charge in [-0.1, -0.05) is 13.8 Å². The van der Waals surface area contributed by atoms with E-state index in [-0.39, 0.29) is 0 Å². The number of rotatable bonds is 4. The van der Waals surface area contributed by atoms with Crippen molar-refractivity contribution in [3.63, 3.8) is 0 Å². The molecule has 1 aromatic rings. The zero-order valence-corrected chi connectivity index (χ0v) is 9.16. The fraction of sp³-hybridized carbons (Fsp3) is 0.625. The molecular weight excluding hydrogens is 202 g/mol. The van der Waals surface area contributed by atoms with E-state index < -0.39 is 0 Å². The Kier molecular flexibility index (Phi) is 7.72. The van der Waals surface area contributed by atoms with Gasteiger partial charge in [-0.25, -0.2) is 4.98 Å². The molecule has 1 rings (SSSR count). The van der Waals surface area contributed by atoms with E-state index in [0.717, 1.165) is 6.42 Å². The maximum absolute atomic E-state index is 9.31. The lowest BCUT2D eigenvalue weighted by atomic mass is 10.1. The number of aromatic nitrogens is 1. The average Bonchev–Trinajstić information content (AvgIpc) is 2.57. The maximum atomic E-state index is 9.31. The van der Waals surface area contributed by atoms with Crippen LogP contribution in [0.2, 0.25) is 0 Å². The average molecular weight is 217 g/mol. The van der Waals surface area contributed by atoms with Gasteiger partial charge in [0.25, 0.3) is 0 Å². The molecule has 0 unspecified atom stereocenters. The molecule has 1 heterocycles. The number of hydrogen-bond donors (Lipinski definition) is 1. The Bertz CT molecular complexity index is 227. The summed E-state index contributed by atoms with van der Waals surface area (Å²) in [5.41, 5.74) is 5.19. The first-order valence-corrected chi connectivity index (χ1v) is 5.14. The predicted octanol–water partition coefficient (Wildman–Crippen LogP) is 2.46. The standard InChI is InChI=1S/C5H11NO2.C3H4N2S/c1-5(2)3-4-8-6-7;4-3-5-1-2-6-3/h5H,3-4H2,1-2H3;1-2H,(H2,4,5). The van der Waals surface area contributed by atoms with Crippen molar-refractivity contribution in [3.05, 3.63) is 16.5 Å². The molecule has 0 spiro atoms. The van der Waals surface area contributed by atoms with Gasteiger partial charge >= 0.3 is 0 Å². The van der Waals surface area contributed by atoms with Crippen LogP contribution < -0.4 is 5.73 Å². The van der Waals surface area contributed by atoms with Crippen LogP contribution in [0.3, 0.4) is 0 Å². The van der Waals surface area contributed by atoms with Gasteiger partial charge in [-0.3, -0.25) is 0 Å². The minimum absolute atomic E-state index is 0.446. The summed E-state index contributed by atoms with van der Waals surface area (Å²) in [5.74, 6) is 0.580. The molecule has 80 valence electrons. The van der Waals surface area contributed by atoms with Gasteiger partial charge in [-0.05, 0) is 12.3 Å². The molecule has 2 N–H and O–H groups in total. The van der Waals surface area contributed by atoms with E-state index in [1.54, 1.807) is 6.20 Å². The van der Waals surface area contributed by atoms with E-state index in [4.69, 9.17) is 5.73 Å². The van der Waals surface area contributed by atoms with Crippen molar-refractivity contribution in [2.24, 2.45) is 11.3 Å². The smallest absolute Gasteiger partial charge is 0.179 e. The second-order valence-corrected chi connectivity index (χ2v) is 3.89. The Labute approximate surface area is 87.2 Å². The Morgan fingerprint density at radius 1 is 1.71 bits per heavy atom. The fourth-order valence-corrected chi connectivity index (χ4v) is 0.943. The molecule has 0 bridgehead atoms. The van der Waals surface area contributed by atoms with Gasteiger partial charge < -0.3 is 10.6 Å². The summed E-state index contributed by atoms with van der Waals surface area (Å²) in [7, 11) is 0. The van der Waals surface area contributed by atoms with Crippen LogP contribution in [0.1, 0.15) is 20.3 Å². The lowest BCUT2D eigenvalue weighted by molar-refractivity contribution is 0.128. The highest BCUT2D eigenvalue weighted by Crippen LogP contribution is 2.02. The number of nitrogens with two attached hydrogens (primary N) is 1. The molecule has 6 heteroatoms. The normalized spacial score (nSPS) is 9.07. The first-order valence-electron chi connectivity index (χ1n) is 4.26. The Morgan fingerprint density at radius 2 is 2.43 bits per heavy atom. The molecule has 14 heavy (non-hydrogen) atoms. The van der Waals surface area contributed by atoms with Crippen molar-refractivity contribution in [2.45, 2.75) is 20.3 Å². The van der Waals surface area contributed by atoms with E-state index in [1.807, 2.05) is 5.38 Å². The lowest BCUT2D eigenvalue weighted by Crippen LogP contribution is -1.93. The predicted molar refractivity (Wildman–Crippen MR) is 57.7 cm³/mol. The molecule has 5 nitrogen and oxygen atoms in total. The molecule has 0 amide bonds. The zero-order valence-electron chi connectivity index (χ0n) is 8.34. The van der Waals surface area contributed by atoms with Gasteiger partial charge in [-0.15, -0.1) is 16.2 Å². The summed E-state index contributed by atoms with van der Waals surface area (Å²) in [5, 5.41) is 4.73. The van der Waals surface area contributed by atoms with E-state index in [9.17, 15) is 4.91 Å². The topological polar surface area (TPSA) is 77.6 Å². The minimum Gasteiger partial charge on any atom is -0.375 e. The van der Waals surface area contributed by atoms with Crippen molar-refractivity contribution in [2.75, 3.05) is 12.3 Å². The van der Waals surface area contributed by atoms with E-state index in [2.05, 4.69) is 29.0 Å². The quantitative estimate of drug-likeness (QED) is 0.477. The van der Waals surface area contributed by atoms with Crippen LogP contribution in [0.4, 0.5) is 5.13 Å². The van der Waals surface area contributed by atoms with Crippen molar-refractivity contribution in [1.82, 2.24) is 4.98 Å². The number of nitrogen functional groups attached to an aromatic ring is 1. The summed E-state index contributed by atoms with van der Waals surface area (Å²) >= 11 is 1.44. The molecule has 1 aromatic heterocycles. The second kappa shape index (κ2) is 8.43. The number of hydrogen-bond acceptors (Lipinski definition) is 6. The van der Waals surface area contributed by atoms with Gasteiger partial charge in [0.15, 0.2) is 10.5 Å². The second-order valence-electron chi connectivity index (χ2n) is 2.96. The van der Waals surface area contributed by atoms with E-state index >= 15 is 0 Å². The maximum Gasteiger partial charge on any atom is 0.179 e. The van der Waals surface area contributed by atoms with Crippen LogP contribution >= 0.6 is 11.3 Å². The monoisotopic (exact) mass is 217 g/mol. The van der Waals surface area contributed by atoms with Crippen LogP contribution in [-0.4, -0.2) is 11.6 Å². The van der Waals surface area contributed by atoms with Crippen LogP contribution in [0.15, 0.2) is 16.9 Å². The van der Waals surface area contributed by atoms with Crippen molar-refractivity contribution in [3.8, 4) is 0 Å². The molecule has 0 fully saturated rings. The van der Waals surface area contributed by atoms with Gasteiger partial charge in [0.2, 0.25) is 0 Å². The van der Waals surface area contributed by atoms with Gasteiger partial charge in [0, 0.05) is 11.6 Å². The summed E-state index contributed by atoms with van der Waals surface area (Å²) in [6.45, 7) is 4.57. The first-order chi connectivity index (χ1) is 6.66. The third-order valence-electron chi connectivity index (χ3n) is 1.29. The zero-order chi connectivity index (χ0) is 10.8. The van der Waals surface area contributed by atoms with Crippen LogP contribution in [0.5, 0.6) is 0 Å². The molecule has 0 atom stereocenters. The van der Waals surface area contributed by atoms with E-state index in [1.165, 1.54) is 11.3 Å². The molecule has 0 aliphatic carbocycles. The van der Waals surface area contributed by atoms with Crippen LogP contribution in [0.25, 0.3) is 0 Å². The Hall–Kier alpha value is -1.17. The van der Waals surface area contributed by atoms with E-state index in [0.29, 0.717) is 17.7 Å². The van der Waals surface area contributed by atoms with Gasteiger partial charge in [0.05, 0.1) is 0 Å². The summed E-state index contributed by atoms with van der Waals surface area (Å²) in [4.78, 5) is 17.2. The van der Waals surface area contributed by atoms with Crippen LogP contribution in [0, 0.1) is 10.8 Å². The summed E-state index contributed by atoms with van der Waals surface area (Å²) in [6.07, 6.45) is 2.58. The van der Waals surface area contributed by atoms with Crippen molar-refractivity contribution in [1.29, 1.82) is 0 Å². The van der Waals surface area contributed by atoms with Crippen molar-refractivity contribution < 1.29 is 4.84 Å². The van der Waals surface area contributed by atoms with Gasteiger partial charge in [0.1, 0.15) is 6.61 Å². The highest BCUT2D eigenvalue weighted by Gasteiger charge is 1.91. The number of nitrogens with zero attached hydrogens (tertiary/aromatic N) is 2. The SMILES string of the molecule is CC(C)CCON=O.Nc1nccs1. The summed E-state index contributed by atoms with van der Waals surface area (Å²) < 4.78 is 0. The number of anilines is 1. The Balaban J connectivity index is 0.000000249. The third-order valence-corrected chi connectivity index (χ3v) is 1.90. The third kappa shape index (κ3) is 8.92. The molecule has 0 radical (unpaired) electrons. The fourth-order valence-electron chi connectivity index (χ4n) is 0.560. The highest BCUT2D eigenvalue weighted by molar-refractivity contribution is 7.13. The van der Waals surface area contributed by atoms with Crippen molar-refractivity contribution >= 4 is 16.5 Å². The molecule has 0 saturated carbocycles. The summed E-state index contributed by atoms with van der Waals surface area (Å²) in [6, 6.07) is 0.